The molecule has 1 heterocycles. The zero-order chi connectivity index (χ0) is 10.4. The Kier molecular flexibility index (Phi) is 4.32. The van der Waals surface area contributed by atoms with Crippen LogP contribution in [0, 0.1) is 6.92 Å². The predicted octanol–water partition coefficient (Wildman–Crippen LogP) is 1.48. The molecule has 0 aliphatic rings. The van der Waals surface area contributed by atoms with Crippen LogP contribution in [-0.2, 0) is 6.42 Å². The van der Waals surface area contributed by atoms with Crippen LogP contribution in [0.15, 0.2) is 16.7 Å². The minimum Gasteiger partial charge on any atom is -0.339 e. The number of hydrogen-bond donors (Lipinski definition) is 1. The Labute approximate surface area is 84.4 Å². The largest absolute Gasteiger partial charge is 0.339 e. The van der Waals surface area contributed by atoms with Crippen molar-refractivity contribution in [2.45, 2.75) is 26.7 Å². The van der Waals surface area contributed by atoms with Gasteiger partial charge in [-0.2, -0.15) is 4.98 Å². The van der Waals surface area contributed by atoms with Crippen LogP contribution in [-0.4, -0.2) is 23.2 Å². The zero-order valence-corrected chi connectivity index (χ0v) is 8.84. The third-order valence-electron chi connectivity index (χ3n) is 1.96. The van der Waals surface area contributed by atoms with E-state index in [1.165, 1.54) is 5.57 Å². The fourth-order valence-corrected chi connectivity index (χ4v) is 1.03. The van der Waals surface area contributed by atoms with Gasteiger partial charge in [-0.05, 0) is 13.3 Å². The van der Waals surface area contributed by atoms with Crippen LogP contribution in [0.3, 0.4) is 0 Å². The molecule has 0 aromatic carbocycles. The Hall–Kier alpha value is -1.16. The highest BCUT2D eigenvalue weighted by atomic mass is 16.5. The highest BCUT2D eigenvalue weighted by molar-refractivity contribution is 4.95. The molecule has 0 aliphatic heterocycles. The first-order chi connectivity index (χ1) is 6.72. The normalized spacial score (nSPS) is 10.4. The maximum absolute atomic E-state index is 4.97. The summed E-state index contributed by atoms with van der Waals surface area (Å²) in [5.74, 6) is 1.38. The van der Waals surface area contributed by atoms with Gasteiger partial charge in [0.1, 0.15) is 0 Å². The fraction of sp³-hybridized carbons (Fsp3) is 0.600. The molecule has 0 radical (unpaired) electrons. The van der Waals surface area contributed by atoms with Gasteiger partial charge >= 0.3 is 0 Å². The lowest BCUT2D eigenvalue weighted by atomic mass is 10.2. The average molecular weight is 195 g/mol. The van der Waals surface area contributed by atoms with Crippen LogP contribution in [0.2, 0.25) is 0 Å². The Morgan fingerprint density at radius 2 is 2.36 bits per heavy atom. The molecule has 0 spiro atoms. The molecule has 1 N–H and O–H groups in total. The molecule has 4 nitrogen and oxygen atoms in total. The van der Waals surface area contributed by atoms with Crippen LogP contribution in [0.25, 0.3) is 0 Å². The van der Waals surface area contributed by atoms with E-state index in [1.807, 2.05) is 6.92 Å². The van der Waals surface area contributed by atoms with E-state index < -0.39 is 0 Å². The SMILES string of the molecule is C=C(CC)CNCCc1nc(C)no1. The summed E-state index contributed by atoms with van der Waals surface area (Å²) in [5, 5.41) is 6.98. The van der Waals surface area contributed by atoms with Gasteiger partial charge in [-0.15, -0.1) is 0 Å². The minimum absolute atomic E-state index is 0.692. The number of nitrogens with zero attached hydrogens (tertiary/aromatic N) is 2. The molecule has 1 rings (SSSR count). The minimum atomic E-state index is 0.692. The molecular weight excluding hydrogens is 178 g/mol. The molecule has 0 aliphatic carbocycles. The van der Waals surface area contributed by atoms with E-state index in [4.69, 9.17) is 4.52 Å². The summed E-state index contributed by atoms with van der Waals surface area (Å²) < 4.78 is 4.97. The maximum atomic E-state index is 4.97. The topological polar surface area (TPSA) is 51.0 Å². The van der Waals surface area contributed by atoms with Crippen LogP contribution in [0.1, 0.15) is 25.1 Å². The third kappa shape index (κ3) is 3.70. The summed E-state index contributed by atoms with van der Waals surface area (Å²) in [7, 11) is 0. The Balaban J connectivity index is 2.13. The van der Waals surface area contributed by atoms with Gasteiger partial charge in [0.2, 0.25) is 5.89 Å². The molecule has 0 fully saturated rings. The molecule has 0 amide bonds. The van der Waals surface area contributed by atoms with Crippen molar-refractivity contribution in [3.8, 4) is 0 Å². The van der Waals surface area contributed by atoms with Gasteiger partial charge in [0.25, 0.3) is 0 Å². The van der Waals surface area contributed by atoms with E-state index in [9.17, 15) is 0 Å². The Bertz CT molecular complexity index is 293. The predicted molar refractivity (Wildman–Crippen MR) is 55.0 cm³/mol. The Morgan fingerprint density at radius 1 is 1.57 bits per heavy atom. The van der Waals surface area contributed by atoms with Gasteiger partial charge in [0.15, 0.2) is 5.82 Å². The first-order valence-electron chi connectivity index (χ1n) is 4.89. The highest BCUT2D eigenvalue weighted by Gasteiger charge is 2.01. The number of aromatic nitrogens is 2. The number of aryl methyl sites for hydroxylation is 1. The van der Waals surface area contributed by atoms with Crippen molar-refractivity contribution in [1.82, 2.24) is 15.5 Å². The van der Waals surface area contributed by atoms with Gasteiger partial charge in [-0.25, -0.2) is 0 Å². The molecule has 1 aromatic heterocycles. The van der Waals surface area contributed by atoms with Crippen molar-refractivity contribution in [2.24, 2.45) is 0 Å². The molecule has 0 unspecified atom stereocenters. The van der Waals surface area contributed by atoms with E-state index >= 15 is 0 Å². The van der Waals surface area contributed by atoms with Crippen molar-refractivity contribution >= 4 is 0 Å². The number of rotatable bonds is 6. The van der Waals surface area contributed by atoms with Gasteiger partial charge in [-0.3, -0.25) is 0 Å². The van der Waals surface area contributed by atoms with Crippen LogP contribution in [0.5, 0.6) is 0 Å². The summed E-state index contributed by atoms with van der Waals surface area (Å²) in [4.78, 5) is 4.11. The maximum Gasteiger partial charge on any atom is 0.227 e. The molecule has 4 heteroatoms. The van der Waals surface area contributed by atoms with Crippen molar-refractivity contribution in [3.05, 3.63) is 23.9 Å². The summed E-state index contributed by atoms with van der Waals surface area (Å²) in [6.45, 7) is 9.54. The molecule has 1 aromatic rings. The lowest BCUT2D eigenvalue weighted by Crippen LogP contribution is -2.19. The molecule has 0 bridgehead atoms. The standard InChI is InChI=1S/C10H17N3O/c1-4-8(2)7-11-6-5-10-12-9(3)13-14-10/h11H,2,4-7H2,1,3H3. The van der Waals surface area contributed by atoms with E-state index in [0.29, 0.717) is 11.7 Å². The van der Waals surface area contributed by atoms with E-state index in [-0.39, 0.29) is 0 Å². The first kappa shape index (κ1) is 10.9. The molecule has 0 saturated heterocycles. The summed E-state index contributed by atoms with van der Waals surface area (Å²) in [6.07, 6.45) is 1.80. The monoisotopic (exact) mass is 195 g/mol. The van der Waals surface area contributed by atoms with Crippen molar-refractivity contribution < 1.29 is 4.52 Å². The van der Waals surface area contributed by atoms with Crippen molar-refractivity contribution in [2.75, 3.05) is 13.1 Å². The lowest BCUT2D eigenvalue weighted by Gasteiger charge is -2.03. The number of nitrogens with one attached hydrogen (secondary N) is 1. The lowest BCUT2D eigenvalue weighted by molar-refractivity contribution is 0.373. The third-order valence-corrected chi connectivity index (χ3v) is 1.96. The van der Waals surface area contributed by atoms with Gasteiger partial charge in [0, 0.05) is 19.5 Å². The molecular formula is C10H17N3O. The highest BCUT2D eigenvalue weighted by Crippen LogP contribution is 1.96. The number of hydrogen-bond acceptors (Lipinski definition) is 4. The second-order valence-electron chi connectivity index (χ2n) is 3.27. The Morgan fingerprint density at radius 3 is 2.93 bits per heavy atom. The van der Waals surface area contributed by atoms with E-state index in [1.54, 1.807) is 0 Å². The van der Waals surface area contributed by atoms with E-state index in [2.05, 4.69) is 29.0 Å². The van der Waals surface area contributed by atoms with Crippen LogP contribution >= 0.6 is 0 Å². The van der Waals surface area contributed by atoms with Crippen LogP contribution < -0.4 is 5.32 Å². The summed E-state index contributed by atoms with van der Waals surface area (Å²) in [6, 6.07) is 0. The van der Waals surface area contributed by atoms with Gasteiger partial charge in [-0.1, -0.05) is 24.2 Å². The van der Waals surface area contributed by atoms with Gasteiger partial charge < -0.3 is 9.84 Å². The quantitative estimate of drug-likeness (QED) is 0.551. The molecule has 0 atom stereocenters. The molecule has 14 heavy (non-hydrogen) atoms. The zero-order valence-electron chi connectivity index (χ0n) is 8.84. The second-order valence-corrected chi connectivity index (χ2v) is 3.27. The van der Waals surface area contributed by atoms with Crippen LogP contribution in [0.4, 0.5) is 0 Å². The van der Waals surface area contributed by atoms with Gasteiger partial charge in [0.05, 0.1) is 0 Å². The molecule has 0 saturated carbocycles. The summed E-state index contributed by atoms with van der Waals surface area (Å²) in [5.41, 5.74) is 1.21. The molecule has 78 valence electrons. The summed E-state index contributed by atoms with van der Waals surface area (Å²) >= 11 is 0. The average Bonchev–Trinajstić information content (AvgIpc) is 2.58. The second kappa shape index (κ2) is 5.54. The van der Waals surface area contributed by atoms with E-state index in [0.717, 1.165) is 25.9 Å². The van der Waals surface area contributed by atoms with Crippen molar-refractivity contribution in [3.63, 3.8) is 0 Å². The first-order valence-corrected chi connectivity index (χ1v) is 4.89. The smallest absolute Gasteiger partial charge is 0.227 e. The van der Waals surface area contributed by atoms with Crippen molar-refractivity contribution in [1.29, 1.82) is 0 Å². The fourth-order valence-electron chi connectivity index (χ4n) is 1.03.